The standard InChI is InChI=1S/C12H13F3N2O/c13-12(14,15)9-3-1-2-8(6-9)11(18)17-5-4-10(16)7-17/h1-3,6,10H,4-5,7,16H2/t10-/m0/s1. The number of carbonyl (C=O) groups excluding carboxylic acids is 1. The Balaban J connectivity index is 2.21. The number of amides is 1. The first-order valence-electron chi connectivity index (χ1n) is 5.60. The van der Waals surface area contributed by atoms with Crippen LogP contribution in [-0.4, -0.2) is 29.9 Å². The second kappa shape index (κ2) is 4.61. The Morgan fingerprint density at radius 1 is 1.39 bits per heavy atom. The van der Waals surface area contributed by atoms with Gasteiger partial charge in [0.15, 0.2) is 0 Å². The van der Waals surface area contributed by atoms with E-state index < -0.39 is 17.6 Å². The third-order valence-electron chi connectivity index (χ3n) is 2.95. The Morgan fingerprint density at radius 2 is 2.11 bits per heavy atom. The molecule has 1 aromatic carbocycles. The predicted octanol–water partition coefficient (Wildman–Crippen LogP) is 1.88. The minimum Gasteiger partial charge on any atom is -0.337 e. The van der Waals surface area contributed by atoms with Gasteiger partial charge in [0.1, 0.15) is 0 Å². The Hall–Kier alpha value is -1.56. The molecule has 1 aromatic rings. The van der Waals surface area contributed by atoms with Crippen LogP contribution >= 0.6 is 0 Å². The van der Waals surface area contributed by atoms with Crippen molar-refractivity contribution in [2.24, 2.45) is 5.73 Å². The molecule has 2 N–H and O–H groups in total. The molecule has 0 aromatic heterocycles. The van der Waals surface area contributed by atoms with Crippen LogP contribution in [0.1, 0.15) is 22.3 Å². The SMILES string of the molecule is N[C@H]1CCN(C(=O)c2cccc(C(F)(F)F)c2)C1. The van der Waals surface area contributed by atoms with Crippen molar-refractivity contribution in [3.8, 4) is 0 Å². The average molecular weight is 258 g/mol. The van der Waals surface area contributed by atoms with Crippen LogP contribution in [0.2, 0.25) is 0 Å². The molecule has 1 atom stereocenters. The van der Waals surface area contributed by atoms with Gasteiger partial charge in [0.25, 0.3) is 5.91 Å². The van der Waals surface area contributed by atoms with Gasteiger partial charge in [-0.1, -0.05) is 6.07 Å². The molecule has 1 saturated heterocycles. The maximum absolute atomic E-state index is 12.5. The lowest BCUT2D eigenvalue weighted by Gasteiger charge is -2.16. The summed E-state index contributed by atoms with van der Waals surface area (Å²) >= 11 is 0. The molecule has 1 amide bonds. The maximum atomic E-state index is 12.5. The van der Waals surface area contributed by atoms with Crippen molar-refractivity contribution >= 4 is 5.91 Å². The van der Waals surface area contributed by atoms with Gasteiger partial charge in [0.2, 0.25) is 0 Å². The van der Waals surface area contributed by atoms with E-state index in [4.69, 9.17) is 5.73 Å². The first kappa shape index (κ1) is 12.9. The minimum atomic E-state index is -4.43. The van der Waals surface area contributed by atoms with Gasteiger partial charge in [-0.15, -0.1) is 0 Å². The van der Waals surface area contributed by atoms with Crippen LogP contribution in [-0.2, 0) is 6.18 Å². The van der Waals surface area contributed by atoms with E-state index in [1.54, 1.807) is 0 Å². The molecule has 2 rings (SSSR count). The van der Waals surface area contributed by atoms with Crippen LogP contribution in [0.4, 0.5) is 13.2 Å². The predicted molar refractivity (Wildman–Crippen MR) is 59.9 cm³/mol. The van der Waals surface area contributed by atoms with E-state index in [-0.39, 0.29) is 11.6 Å². The molecule has 0 bridgehead atoms. The highest BCUT2D eigenvalue weighted by atomic mass is 19.4. The maximum Gasteiger partial charge on any atom is 0.416 e. The Morgan fingerprint density at radius 3 is 2.67 bits per heavy atom. The van der Waals surface area contributed by atoms with Crippen molar-refractivity contribution in [1.82, 2.24) is 4.90 Å². The van der Waals surface area contributed by atoms with Crippen molar-refractivity contribution in [3.05, 3.63) is 35.4 Å². The quantitative estimate of drug-likeness (QED) is 0.836. The van der Waals surface area contributed by atoms with Crippen molar-refractivity contribution in [3.63, 3.8) is 0 Å². The summed E-state index contributed by atoms with van der Waals surface area (Å²) in [5.41, 5.74) is 4.91. The van der Waals surface area contributed by atoms with Gasteiger partial charge >= 0.3 is 6.18 Å². The normalized spacial score (nSPS) is 20.2. The van der Waals surface area contributed by atoms with Gasteiger partial charge in [0.05, 0.1) is 5.56 Å². The molecule has 0 radical (unpaired) electrons. The van der Waals surface area contributed by atoms with Gasteiger partial charge in [-0.05, 0) is 24.6 Å². The molecule has 0 unspecified atom stereocenters. The lowest BCUT2D eigenvalue weighted by Crippen LogP contribution is -2.32. The monoisotopic (exact) mass is 258 g/mol. The number of hydrogen-bond donors (Lipinski definition) is 1. The molecule has 6 heteroatoms. The molecule has 3 nitrogen and oxygen atoms in total. The summed E-state index contributed by atoms with van der Waals surface area (Å²) in [6, 6.07) is 4.38. The molecule has 0 saturated carbocycles. The van der Waals surface area contributed by atoms with Crippen molar-refractivity contribution in [1.29, 1.82) is 0 Å². The van der Waals surface area contributed by atoms with E-state index in [0.29, 0.717) is 19.5 Å². The third kappa shape index (κ3) is 2.64. The van der Waals surface area contributed by atoms with Gasteiger partial charge in [-0.25, -0.2) is 0 Å². The second-order valence-electron chi connectivity index (χ2n) is 4.38. The number of nitrogens with zero attached hydrogens (tertiary/aromatic N) is 1. The number of carbonyl (C=O) groups is 1. The molecule has 0 spiro atoms. The first-order chi connectivity index (χ1) is 8.38. The van der Waals surface area contributed by atoms with Gasteiger partial charge in [-0.3, -0.25) is 4.79 Å². The molecule has 1 aliphatic heterocycles. The number of nitrogens with two attached hydrogens (primary N) is 1. The molecule has 98 valence electrons. The average Bonchev–Trinajstić information content (AvgIpc) is 2.74. The zero-order valence-electron chi connectivity index (χ0n) is 9.57. The number of alkyl halides is 3. The zero-order valence-corrected chi connectivity index (χ0v) is 9.57. The lowest BCUT2D eigenvalue weighted by molar-refractivity contribution is -0.137. The van der Waals surface area contributed by atoms with E-state index in [0.717, 1.165) is 12.1 Å². The van der Waals surface area contributed by atoms with E-state index >= 15 is 0 Å². The number of rotatable bonds is 1. The molecular weight excluding hydrogens is 245 g/mol. The summed E-state index contributed by atoms with van der Waals surface area (Å²) in [6.07, 6.45) is -3.75. The number of halogens is 3. The van der Waals surface area contributed by atoms with Crippen LogP contribution < -0.4 is 5.73 Å². The topological polar surface area (TPSA) is 46.3 Å². The van der Waals surface area contributed by atoms with Crippen LogP contribution in [0.5, 0.6) is 0 Å². The zero-order chi connectivity index (χ0) is 13.3. The molecule has 1 heterocycles. The van der Waals surface area contributed by atoms with Crippen LogP contribution in [0.25, 0.3) is 0 Å². The molecule has 1 aliphatic rings. The van der Waals surface area contributed by atoms with Crippen molar-refractivity contribution in [2.75, 3.05) is 13.1 Å². The Bertz CT molecular complexity index is 459. The van der Waals surface area contributed by atoms with Crippen LogP contribution in [0, 0.1) is 0 Å². The summed E-state index contributed by atoms with van der Waals surface area (Å²) in [4.78, 5) is 13.5. The first-order valence-corrected chi connectivity index (χ1v) is 5.60. The van der Waals surface area contributed by atoms with E-state index in [9.17, 15) is 18.0 Å². The highest BCUT2D eigenvalue weighted by molar-refractivity contribution is 5.94. The van der Waals surface area contributed by atoms with E-state index in [1.165, 1.54) is 17.0 Å². The molecule has 0 aliphatic carbocycles. The molecule has 1 fully saturated rings. The largest absolute Gasteiger partial charge is 0.416 e. The van der Waals surface area contributed by atoms with Crippen molar-refractivity contribution < 1.29 is 18.0 Å². The number of likely N-dealkylation sites (tertiary alicyclic amines) is 1. The fourth-order valence-corrected chi connectivity index (χ4v) is 1.98. The lowest BCUT2D eigenvalue weighted by atomic mass is 10.1. The highest BCUT2D eigenvalue weighted by Crippen LogP contribution is 2.29. The Kier molecular flexibility index (Phi) is 3.30. The van der Waals surface area contributed by atoms with Gasteiger partial charge in [-0.2, -0.15) is 13.2 Å². The van der Waals surface area contributed by atoms with Gasteiger partial charge < -0.3 is 10.6 Å². The Labute approximate surface area is 102 Å². The summed E-state index contributed by atoms with van der Waals surface area (Å²) in [5.74, 6) is -0.394. The van der Waals surface area contributed by atoms with Crippen molar-refractivity contribution in [2.45, 2.75) is 18.6 Å². The smallest absolute Gasteiger partial charge is 0.337 e. The number of hydrogen-bond acceptors (Lipinski definition) is 2. The van der Waals surface area contributed by atoms with E-state index in [2.05, 4.69) is 0 Å². The third-order valence-corrected chi connectivity index (χ3v) is 2.95. The second-order valence-corrected chi connectivity index (χ2v) is 4.38. The summed E-state index contributed by atoms with van der Waals surface area (Å²) in [5, 5.41) is 0. The fourth-order valence-electron chi connectivity index (χ4n) is 1.98. The highest BCUT2D eigenvalue weighted by Gasteiger charge is 2.32. The fraction of sp³-hybridized carbons (Fsp3) is 0.417. The van der Waals surface area contributed by atoms with Crippen LogP contribution in [0.3, 0.4) is 0 Å². The summed E-state index contributed by atoms with van der Waals surface area (Å²) in [7, 11) is 0. The van der Waals surface area contributed by atoms with Gasteiger partial charge in [0, 0.05) is 24.7 Å². The number of benzene rings is 1. The van der Waals surface area contributed by atoms with Crippen LogP contribution in [0.15, 0.2) is 24.3 Å². The molecule has 18 heavy (non-hydrogen) atoms. The summed E-state index contributed by atoms with van der Waals surface area (Å²) < 4.78 is 37.6. The molecular formula is C12H13F3N2O. The summed E-state index contributed by atoms with van der Waals surface area (Å²) in [6.45, 7) is 0.894. The minimum absolute atomic E-state index is 0.0546. The van der Waals surface area contributed by atoms with E-state index in [1.807, 2.05) is 0 Å².